The van der Waals surface area contributed by atoms with Crippen LogP contribution in [0.2, 0.25) is 0 Å². The smallest absolute Gasteiger partial charge is 0.331 e. The molecule has 0 heterocycles. The maximum absolute atomic E-state index is 12.3. The van der Waals surface area contributed by atoms with Crippen LogP contribution >= 0.6 is 0 Å². The molecule has 0 N–H and O–H groups in total. The van der Waals surface area contributed by atoms with Crippen LogP contribution in [-0.2, 0) is 19.1 Å². The monoisotopic (exact) mass is 392 g/mol. The predicted octanol–water partition coefficient (Wildman–Crippen LogP) is 5.55. The number of carbonyl (C=O) groups is 2. The van der Waals surface area contributed by atoms with E-state index in [9.17, 15) is 9.59 Å². The maximum Gasteiger partial charge on any atom is 0.331 e. The molecule has 4 nitrogen and oxygen atoms in total. The van der Waals surface area contributed by atoms with Gasteiger partial charge in [0, 0.05) is 12.2 Å². The average Bonchev–Trinajstić information content (AvgIpc) is 2.59. The molecule has 0 aliphatic heterocycles. The SMILES string of the molecule is CC(C)[C@@H]1CC[C@@H](C)CC1OC(=O)C=CC(=O)O[C@H]1C[C@@H](C)CC[C@@H]1C(C)C. The van der Waals surface area contributed by atoms with Crippen LogP contribution in [0.15, 0.2) is 12.2 Å². The highest BCUT2D eigenvalue weighted by Crippen LogP contribution is 2.36. The first-order chi connectivity index (χ1) is 13.2. The molecule has 0 aromatic carbocycles. The summed E-state index contributed by atoms with van der Waals surface area (Å²) >= 11 is 0. The molecule has 2 saturated carbocycles. The molecule has 0 amide bonds. The summed E-state index contributed by atoms with van der Waals surface area (Å²) in [7, 11) is 0. The Kier molecular flexibility index (Phi) is 8.57. The van der Waals surface area contributed by atoms with Gasteiger partial charge in [0.25, 0.3) is 0 Å². The lowest BCUT2D eigenvalue weighted by molar-refractivity contribution is -0.152. The zero-order chi connectivity index (χ0) is 20.8. The Morgan fingerprint density at radius 1 is 0.714 bits per heavy atom. The van der Waals surface area contributed by atoms with Gasteiger partial charge in [0.1, 0.15) is 12.2 Å². The number of esters is 2. The molecule has 2 aliphatic rings. The van der Waals surface area contributed by atoms with Gasteiger partial charge in [-0.2, -0.15) is 0 Å². The van der Waals surface area contributed by atoms with Crippen molar-refractivity contribution >= 4 is 11.9 Å². The minimum atomic E-state index is -0.431. The second kappa shape index (κ2) is 10.5. The summed E-state index contributed by atoms with van der Waals surface area (Å²) in [6.45, 7) is 13.2. The fraction of sp³-hybridized carbons (Fsp3) is 0.833. The fourth-order valence-corrected chi connectivity index (χ4v) is 5.01. The number of hydrogen-bond acceptors (Lipinski definition) is 4. The molecule has 4 heteroatoms. The van der Waals surface area contributed by atoms with Gasteiger partial charge in [-0.1, -0.05) is 54.4 Å². The second-order valence-electron chi connectivity index (χ2n) is 9.94. The van der Waals surface area contributed by atoms with E-state index >= 15 is 0 Å². The van der Waals surface area contributed by atoms with Gasteiger partial charge in [-0.05, 0) is 61.2 Å². The molecular formula is C24H40O4. The average molecular weight is 393 g/mol. The van der Waals surface area contributed by atoms with Crippen molar-refractivity contribution < 1.29 is 19.1 Å². The van der Waals surface area contributed by atoms with E-state index in [0.29, 0.717) is 35.5 Å². The van der Waals surface area contributed by atoms with Gasteiger partial charge < -0.3 is 9.47 Å². The van der Waals surface area contributed by atoms with Gasteiger partial charge in [-0.25, -0.2) is 9.59 Å². The third-order valence-electron chi connectivity index (χ3n) is 6.81. The highest BCUT2D eigenvalue weighted by atomic mass is 16.5. The van der Waals surface area contributed by atoms with E-state index in [1.807, 2.05) is 0 Å². The van der Waals surface area contributed by atoms with Gasteiger partial charge in [0.15, 0.2) is 0 Å². The van der Waals surface area contributed by atoms with Crippen LogP contribution in [0, 0.1) is 35.5 Å². The van der Waals surface area contributed by atoms with Crippen LogP contribution in [-0.4, -0.2) is 24.1 Å². The van der Waals surface area contributed by atoms with Crippen molar-refractivity contribution in [1.29, 1.82) is 0 Å². The highest BCUT2D eigenvalue weighted by Gasteiger charge is 2.34. The van der Waals surface area contributed by atoms with E-state index < -0.39 is 11.9 Å². The maximum atomic E-state index is 12.3. The van der Waals surface area contributed by atoms with Crippen LogP contribution in [0.3, 0.4) is 0 Å². The van der Waals surface area contributed by atoms with E-state index in [-0.39, 0.29) is 12.2 Å². The molecule has 1 unspecified atom stereocenters. The van der Waals surface area contributed by atoms with Crippen molar-refractivity contribution in [3.63, 3.8) is 0 Å². The van der Waals surface area contributed by atoms with Crippen LogP contribution < -0.4 is 0 Å². The first-order valence-electron chi connectivity index (χ1n) is 11.3. The Hall–Kier alpha value is -1.32. The van der Waals surface area contributed by atoms with E-state index in [2.05, 4.69) is 41.5 Å². The lowest BCUT2D eigenvalue weighted by atomic mass is 9.75. The van der Waals surface area contributed by atoms with E-state index in [4.69, 9.17) is 9.47 Å². The fourth-order valence-electron chi connectivity index (χ4n) is 5.01. The first kappa shape index (κ1) is 23.0. The van der Waals surface area contributed by atoms with Gasteiger partial charge >= 0.3 is 11.9 Å². The molecule has 0 spiro atoms. The Bertz CT molecular complexity index is 503. The van der Waals surface area contributed by atoms with Crippen molar-refractivity contribution in [1.82, 2.24) is 0 Å². The summed E-state index contributed by atoms with van der Waals surface area (Å²) in [6.07, 6.45) is 8.77. The Morgan fingerprint density at radius 3 is 1.39 bits per heavy atom. The molecule has 0 aromatic rings. The molecular weight excluding hydrogens is 352 g/mol. The molecule has 0 bridgehead atoms. The lowest BCUT2D eigenvalue weighted by Gasteiger charge is -2.36. The van der Waals surface area contributed by atoms with Crippen molar-refractivity contribution in [3.8, 4) is 0 Å². The third kappa shape index (κ3) is 6.63. The first-order valence-corrected chi connectivity index (χ1v) is 11.3. The quantitative estimate of drug-likeness (QED) is 0.439. The Morgan fingerprint density at radius 2 is 1.07 bits per heavy atom. The molecule has 2 fully saturated rings. The minimum absolute atomic E-state index is 0.0542. The topological polar surface area (TPSA) is 52.6 Å². The number of hydrogen-bond donors (Lipinski definition) is 0. The number of carbonyl (C=O) groups excluding carboxylic acids is 2. The molecule has 2 aliphatic carbocycles. The van der Waals surface area contributed by atoms with E-state index in [1.165, 1.54) is 25.0 Å². The third-order valence-corrected chi connectivity index (χ3v) is 6.81. The number of ether oxygens (including phenoxy) is 2. The zero-order valence-electron chi connectivity index (χ0n) is 18.6. The highest BCUT2D eigenvalue weighted by molar-refractivity contribution is 5.91. The standard InChI is InChI=1S/C24H40O4/c1-15(2)19-9-7-17(5)13-21(19)27-23(25)11-12-24(26)28-22-14-18(6)8-10-20(22)16(3)4/h11-12,15-22H,7-10,13-14H2,1-6H3/t17-,18+,19+,20-,21-,22?/m0/s1. The summed E-state index contributed by atoms with van der Waals surface area (Å²) in [5.74, 6) is 2.05. The van der Waals surface area contributed by atoms with Crippen molar-refractivity contribution in [2.75, 3.05) is 0 Å². The van der Waals surface area contributed by atoms with Crippen molar-refractivity contribution in [3.05, 3.63) is 12.2 Å². The molecule has 28 heavy (non-hydrogen) atoms. The van der Waals surface area contributed by atoms with Crippen LogP contribution in [0.25, 0.3) is 0 Å². The van der Waals surface area contributed by atoms with E-state index in [0.717, 1.165) is 25.7 Å². The molecule has 0 aromatic heterocycles. The number of rotatable bonds is 6. The van der Waals surface area contributed by atoms with Gasteiger partial charge in [0.2, 0.25) is 0 Å². The second-order valence-corrected chi connectivity index (χ2v) is 9.94. The molecule has 2 rings (SSSR count). The lowest BCUT2D eigenvalue weighted by Crippen LogP contribution is -2.36. The summed E-state index contributed by atoms with van der Waals surface area (Å²) in [4.78, 5) is 24.6. The molecule has 0 radical (unpaired) electrons. The molecule has 0 saturated heterocycles. The van der Waals surface area contributed by atoms with Crippen molar-refractivity contribution in [2.45, 2.75) is 92.3 Å². The van der Waals surface area contributed by atoms with Crippen LogP contribution in [0.5, 0.6) is 0 Å². The van der Waals surface area contributed by atoms with Crippen molar-refractivity contribution in [2.24, 2.45) is 35.5 Å². The summed E-state index contributed by atoms with van der Waals surface area (Å²) < 4.78 is 11.4. The van der Waals surface area contributed by atoms with Gasteiger partial charge in [0.05, 0.1) is 0 Å². The summed E-state index contributed by atoms with van der Waals surface area (Å²) in [6, 6.07) is 0. The molecule has 160 valence electrons. The Labute approximate surface area is 171 Å². The summed E-state index contributed by atoms with van der Waals surface area (Å²) in [5.41, 5.74) is 0. The van der Waals surface area contributed by atoms with Gasteiger partial charge in [-0.3, -0.25) is 0 Å². The summed E-state index contributed by atoms with van der Waals surface area (Å²) in [5, 5.41) is 0. The van der Waals surface area contributed by atoms with Crippen LogP contribution in [0.1, 0.15) is 80.1 Å². The van der Waals surface area contributed by atoms with Gasteiger partial charge in [-0.15, -0.1) is 0 Å². The Balaban J connectivity index is 1.89. The largest absolute Gasteiger partial charge is 0.459 e. The molecule has 6 atom stereocenters. The predicted molar refractivity (Wildman–Crippen MR) is 112 cm³/mol. The zero-order valence-corrected chi connectivity index (χ0v) is 18.6. The van der Waals surface area contributed by atoms with Crippen LogP contribution in [0.4, 0.5) is 0 Å². The normalized spacial score (nSPS) is 34.0. The minimum Gasteiger partial charge on any atom is -0.459 e. The van der Waals surface area contributed by atoms with E-state index in [1.54, 1.807) is 0 Å².